The smallest absolute Gasteiger partial charge is 0.271 e. The number of ether oxygens (including phenoxy) is 1. The number of carbonyl (C=O) groups is 2. The van der Waals surface area contributed by atoms with Gasteiger partial charge in [-0.25, -0.2) is 0 Å². The number of aromatic nitrogens is 2. The maximum Gasteiger partial charge on any atom is 0.271 e. The van der Waals surface area contributed by atoms with Gasteiger partial charge in [0.2, 0.25) is 0 Å². The number of para-hydroxylation sites is 4. The summed E-state index contributed by atoms with van der Waals surface area (Å²) in [5.41, 5.74) is 10.2. The molecule has 0 bridgehead atoms. The summed E-state index contributed by atoms with van der Waals surface area (Å²) in [6.07, 6.45) is 1.76. The van der Waals surface area contributed by atoms with Gasteiger partial charge in [-0.2, -0.15) is 5.26 Å². The van der Waals surface area contributed by atoms with Crippen molar-refractivity contribution in [1.82, 2.24) is 14.0 Å². The molecule has 68 heavy (non-hydrogen) atoms. The van der Waals surface area contributed by atoms with Crippen LogP contribution in [-0.2, 0) is 9.59 Å². The van der Waals surface area contributed by atoms with Gasteiger partial charge in [-0.05, 0) is 128 Å². The van der Waals surface area contributed by atoms with Crippen molar-refractivity contribution < 1.29 is 14.3 Å². The Kier molecular flexibility index (Phi) is 10.7. The zero-order valence-corrected chi connectivity index (χ0v) is 38.4. The molecule has 0 saturated heterocycles. The second-order valence-electron chi connectivity index (χ2n) is 17.0. The van der Waals surface area contributed by atoms with Crippen LogP contribution in [0.25, 0.3) is 61.1 Å². The summed E-state index contributed by atoms with van der Waals surface area (Å²) in [5, 5.41) is 15.8. The number of hydrogen-bond donors (Lipinski definition) is 0. The van der Waals surface area contributed by atoms with Crippen LogP contribution in [0.5, 0.6) is 5.75 Å². The zero-order valence-electron chi connectivity index (χ0n) is 37.6. The lowest BCUT2D eigenvalue weighted by Gasteiger charge is -2.27. The number of rotatable bonds is 11. The Morgan fingerprint density at radius 1 is 0.574 bits per heavy atom. The topological polar surface area (TPSA) is 86.7 Å². The van der Waals surface area contributed by atoms with Crippen molar-refractivity contribution in [2.45, 2.75) is 6.92 Å². The normalized spacial score (nSPS) is 13.6. The van der Waals surface area contributed by atoms with Gasteiger partial charge in [-0.1, -0.05) is 72.8 Å². The van der Waals surface area contributed by atoms with E-state index in [2.05, 4.69) is 160 Å². The summed E-state index contributed by atoms with van der Waals surface area (Å²) in [6.45, 7) is 1.68. The minimum absolute atomic E-state index is 0.0225. The van der Waals surface area contributed by atoms with E-state index in [9.17, 15) is 14.9 Å². The molecule has 10 heteroatoms. The van der Waals surface area contributed by atoms with Gasteiger partial charge in [0.05, 0.1) is 33.6 Å². The Morgan fingerprint density at radius 2 is 1.01 bits per heavy atom. The first-order chi connectivity index (χ1) is 33.3. The average Bonchev–Trinajstić information content (AvgIpc) is 4.08. The Labute approximate surface area is 397 Å². The zero-order chi connectivity index (χ0) is 46.5. The van der Waals surface area contributed by atoms with Crippen LogP contribution >= 0.6 is 11.3 Å². The van der Waals surface area contributed by atoms with Gasteiger partial charge in [-0.15, -0.1) is 11.3 Å². The lowest BCUT2D eigenvalue weighted by atomic mass is 9.95. The van der Waals surface area contributed by atoms with Crippen LogP contribution < -0.4 is 14.5 Å². The number of hydrogen-bond acceptors (Lipinski definition) is 7. The number of nitrogens with zero attached hydrogens (tertiary/aromatic N) is 6. The quantitative estimate of drug-likeness (QED) is 0.0949. The number of carbonyl (C=O) groups excluding carboxylic acids is 2. The van der Waals surface area contributed by atoms with E-state index in [0.717, 1.165) is 65.3 Å². The number of thiophene rings is 1. The van der Waals surface area contributed by atoms with E-state index >= 15 is 0 Å². The fourth-order valence-electron chi connectivity index (χ4n) is 9.43. The van der Waals surface area contributed by atoms with E-state index in [-0.39, 0.29) is 18.7 Å². The highest BCUT2D eigenvalue weighted by molar-refractivity contribution is 7.16. The molecular weight excluding hydrogens is 861 g/mol. The molecule has 10 aromatic rings. The van der Waals surface area contributed by atoms with E-state index in [0.29, 0.717) is 16.9 Å². The lowest BCUT2D eigenvalue weighted by Crippen LogP contribution is -2.44. The van der Waals surface area contributed by atoms with Crippen molar-refractivity contribution in [3.63, 3.8) is 0 Å². The molecule has 0 N–H and O–H groups in total. The number of nitriles is 1. The number of amides is 2. The minimum Gasteiger partial charge on any atom is -0.492 e. The summed E-state index contributed by atoms with van der Waals surface area (Å²) in [5.74, 6) is -0.490. The van der Waals surface area contributed by atoms with Crippen molar-refractivity contribution in [2.75, 3.05) is 37.0 Å². The molecule has 0 atom stereocenters. The largest absolute Gasteiger partial charge is 0.492 e. The first kappa shape index (κ1) is 42.0. The third-order valence-corrected chi connectivity index (χ3v) is 13.9. The van der Waals surface area contributed by atoms with Crippen LogP contribution in [0.3, 0.4) is 0 Å². The highest BCUT2D eigenvalue weighted by atomic mass is 32.1. The van der Waals surface area contributed by atoms with Crippen molar-refractivity contribution in [3.8, 4) is 23.2 Å². The van der Waals surface area contributed by atoms with Gasteiger partial charge in [0.1, 0.15) is 24.0 Å². The van der Waals surface area contributed by atoms with E-state index < -0.39 is 11.8 Å². The maximum atomic E-state index is 13.8. The third-order valence-electron chi connectivity index (χ3n) is 12.7. The molecule has 0 aliphatic carbocycles. The summed E-state index contributed by atoms with van der Waals surface area (Å²) in [4.78, 5) is 33.4. The Morgan fingerprint density at radius 3 is 1.44 bits per heavy atom. The first-order valence-electron chi connectivity index (χ1n) is 22.4. The number of imide groups is 1. The van der Waals surface area contributed by atoms with Crippen LogP contribution in [0.4, 0.5) is 22.1 Å². The minimum atomic E-state index is -0.616. The number of benzene rings is 7. The van der Waals surface area contributed by atoms with Crippen LogP contribution in [0.2, 0.25) is 0 Å². The molecule has 4 heterocycles. The van der Waals surface area contributed by atoms with Crippen molar-refractivity contribution in [1.29, 1.82) is 5.26 Å². The summed E-state index contributed by atoms with van der Waals surface area (Å²) >= 11 is 1.52. The number of anilines is 4. The standard InChI is InChI=1S/C58H44N6O3S/c1-38-50(36-45-32-33-56(68-45)60(2)3)57(65)61(58(66)51(38)37-59)34-35-67-44-30-28-41(29-31-44)62(39-20-24-42(25-21-39)63-52-16-8-4-12-46(52)47-13-5-9-17-53(47)63)40-22-26-43(27-23-40)64-54-18-10-6-14-48(54)49-15-7-11-19-55(49)64/h4-33,36H,34-35H2,1-3H3/b50-36+. The summed E-state index contributed by atoms with van der Waals surface area (Å²) < 4.78 is 10.8. The second-order valence-corrected chi connectivity index (χ2v) is 18.0. The third kappa shape index (κ3) is 7.26. The number of fused-ring (bicyclic) bond motifs is 6. The van der Waals surface area contributed by atoms with E-state index in [4.69, 9.17) is 4.74 Å². The fourth-order valence-corrected chi connectivity index (χ4v) is 10.3. The molecule has 0 saturated carbocycles. The monoisotopic (exact) mass is 904 g/mol. The lowest BCUT2D eigenvalue weighted by molar-refractivity contribution is -0.140. The predicted octanol–water partition coefficient (Wildman–Crippen LogP) is 13.1. The molecule has 7 aromatic carbocycles. The van der Waals surface area contributed by atoms with E-state index in [1.165, 1.54) is 32.9 Å². The van der Waals surface area contributed by atoms with Gasteiger partial charge in [0.15, 0.2) is 0 Å². The fraction of sp³-hybridized carbons (Fsp3) is 0.0862. The SMILES string of the molecule is CC1=C(C#N)C(=O)N(CCOc2ccc(N(c3ccc(-n4c5ccccc5c5ccccc54)cc3)c3ccc(-n4c5ccccc5c5ccccc54)cc3)cc2)C(=O)/C1=C/c1ccc(N(C)C)s1. The van der Waals surface area contributed by atoms with Gasteiger partial charge in [0.25, 0.3) is 11.8 Å². The molecule has 0 unspecified atom stereocenters. The molecule has 1 aliphatic rings. The molecular formula is C58H44N6O3S. The van der Waals surface area contributed by atoms with Gasteiger partial charge in [0, 0.05) is 74.5 Å². The average molecular weight is 905 g/mol. The molecule has 330 valence electrons. The van der Waals surface area contributed by atoms with Crippen molar-refractivity contribution in [3.05, 3.63) is 204 Å². The van der Waals surface area contributed by atoms with Gasteiger partial charge in [-0.3, -0.25) is 14.5 Å². The van der Waals surface area contributed by atoms with Gasteiger partial charge >= 0.3 is 0 Å². The predicted molar refractivity (Wildman–Crippen MR) is 277 cm³/mol. The van der Waals surface area contributed by atoms with E-state index in [1.54, 1.807) is 13.0 Å². The Balaban J connectivity index is 0.900. The maximum absolute atomic E-state index is 13.8. The van der Waals surface area contributed by atoms with Crippen molar-refractivity contribution >= 4 is 94.9 Å². The molecule has 9 nitrogen and oxygen atoms in total. The molecule has 0 spiro atoms. The molecule has 1 aliphatic heterocycles. The highest BCUT2D eigenvalue weighted by Gasteiger charge is 2.35. The van der Waals surface area contributed by atoms with Crippen LogP contribution in [0, 0.1) is 11.3 Å². The summed E-state index contributed by atoms with van der Waals surface area (Å²) in [6, 6.07) is 65.2. The molecule has 0 radical (unpaired) electrons. The Hall–Kier alpha value is -8.65. The molecule has 2 amide bonds. The first-order valence-corrected chi connectivity index (χ1v) is 23.3. The molecule has 11 rings (SSSR count). The van der Waals surface area contributed by atoms with E-state index in [1.807, 2.05) is 61.5 Å². The Bertz CT molecular complexity index is 3440. The van der Waals surface area contributed by atoms with Crippen LogP contribution in [-0.4, -0.2) is 53.1 Å². The van der Waals surface area contributed by atoms with Crippen LogP contribution in [0.15, 0.2) is 199 Å². The second kappa shape index (κ2) is 17.3. The highest BCUT2D eigenvalue weighted by Crippen LogP contribution is 2.39. The molecule has 0 fully saturated rings. The van der Waals surface area contributed by atoms with Crippen molar-refractivity contribution in [2.24, 2.45) is 0 Å². The summed E-state index contributed by atoms with van der Waals surface area (Å²) in [7, 11) is 3.91. The van der Waals surface area contributed by atoms with Crippen LogP contribution in [0.1, 0.15) is 11.8 Å². The molecule has 3 aromatic heterocycles. The van der Waals surface area contributed by atoms with Gasteiger partial charge < -0.3 is 23.7 Å².